The average Bonchev–Trinajstić information content (AvgIpc) is 2.91. The highest BCUT2D eigenvalue weighted by atomic mass is 35.5. The highest BCUT2D eigenvalue weighted by Crippen LogP contribution is 2.41. The molecule has 1 atom stereocenters. The fraction of sp³-hybridized carbons (Fsp3) is 0.286. The molecule has 1 aromatic heterocycles. The van der Waals surface area contributed by atoms with Gasteiger partial charge in [0.05, 0.1) is 15.6 Å². The van der Waals surface area contributed by atoms with Crippen LogP contribution in [0.5, 0.6) is 0 Å². The van der Waals surface area contributed by atoms with E-state index in [9.17, 15) is 35.3 Å². The predicted octanol–water partition coefficient (Wildman–Crippen LogP) is 3.99. The molecule has 6 nitrogen and oxygen atoms in total. The highest BCUT2D eigenvalue weighted by molar-refractivity contribution is 7.86. The summed E-state index contributed by atoms with van der Waals surface area (Å²) in [5, 5.41) is 2.35. The molecule has 0 spiro atoms. The summed E-state index contributed by atoms with van der Waals surface area (Å²) in [7, 11) is -1.29. The number of nitrogens with zero attached hydrogens (tertiary/aromatic N) is 3. The van der Waals surface area contributed by atoms with Gasteiger partial charge in [0.15, 0.2) is 16.5 Å². The van der Waals surface area contributed by atoms with Crippen LogP contribution in [0, 0.1) is 0 Å². The van der Waals surface area contributed by atoms with E-state index in [0.29, 0.717) is 16.8 Å². The molecule has 0 aliphatic heterocycles. The molecule has 0 saturated heterocycles. The molecule has 0 aliphatic carbocycles. The lowest BCUT2D eigenvalue weighted by atomic mass is 10.2. The fourth-order valence-corrected chi connectivity index (χ4v) is 3.95. The van der Waals surface area contributed by atoms with Crippen molar-refractivity contribution in [1.29, 1.82) is 0 Å². The number of carbonyl (C=O) groups is 1. The maximum absolute atomic E-state index is 13.1. The van der Waals surface area contributed by atoms with Crippen molar-refractivity contribution in [2.45, 2.75) is 16.6 Å². The minimum absolute atomic E-state index is 0.460. The molecule has 2 aromatic rings. The number of anilines is 1. The summed E-state index contributed by atoms with van der Waals surface area (Å²) >= 11 is 11.8. The maximum atomic E-state index is 13.1. The Morgan fingerprint density at radius 2 is 1.62 bits per heavy atom. The number of amides is 1. The number of alkyl halides is 6. The molecular weight excluding hydrogens is 473 g/mol. The fourth-order valence-electron chi connectivity index (χ4n) is 2.32. The van der Waals surface area contributed by atoms with Crippen molar-refractivity contribution < 1.29 is 35.3 Å². The SMILES string of the molecule is CN(C)c1c(S(=O)C(F)(F)F)c(C(N)=O)nn1-c1c(Cl)cc(C(F)(F)F)cc1Cl. The maximum Gasteiger partial charge on any atom is 0.476 e. The van der Waals surface area contributed by atoms with E-state index in [1.165, 1.54) is 14.1 Å². The third-order valence-corrected chi connectivity index (χ3v) is 5.17. The number of nitrogens with two attached hydrogens (primary N) is 1. The third kappa shape index (κ3) is 4.46. The molecule has 0 radical (unpaired) electrons. The summed E-state index contributed by atoms with van der Waals surface area (Å²) in [5.74, 6) is -2.00. The van der Waals surface area contributed by atoms with Crippen molar-refractivity contribution in [2.24, 2.45) is 5.73 Å². The van der Waals surface area contributed by atoms with Crippen molar-refractivity contribution in [3.8, 4) is 5.69 Å². The van der Waals surface area contributed by atoms with E-state index in [4.69, 9.17) is 28.9 Å². The molecule has 0 aliphatic rings. The molecule has 1 unspecified atom stereocenters. The van der Waals surface area contributed by atoms with E-state index in [1.54, 1.807) is 0 Å². The summed E-state index contributed by atoms with van der Waals surface area (Å²) in [4.78, 5) is 11.6. The van der Waals surface area contributed by atoms with Crippen LogP contribution in [-0.2, 0) is 17.0 Å². The molecule has 1 amide bonds. The Bertz CT molecular complexity index is 980. The molecule has 0 saturated carbocycles. The van der Waals surface area contributed by atoms with Crippen molar-refractivity contribution in [3.05, 3.63) is 33.4 Å². The van der Waals surface area contributed by atoms with Gasteiger partial charge >= 0.3 is 11.7 Å². The predicted molar refractivity (Wildman–Crippen MR) is 93.9 cm³/mol. The van der Waals surface area contributed by atoms with Crippen molar-refractivity contribution in [1.82, 2.24) is 9.78 Å². The van der Waals surface area contributed by atoms with Crippen molar-refractivity contribution >= 4 is 45.7 Å². The van der Waals surface area contributed by atoms with Gasteiger partial charge in [-0.1, -0.05) is 23.2 Å². The number of primary amides is 1. The molecule has 1 aromatic carbocycles. The topological polar surface area (TPSA) is 81.2 Å². The van der Waals surface area contributed by atoms with Crippen LogP contribution in [0.15, 0.2) is 17.0 Å². The van der Waals surface area contributed by atoms with E-state index in [1.807, 2.05) is 0 Å². The number of hydrogen-bond acceptors (Lipinski definition) is 4. The van der Waals surface area contributed by atoms with Crippen molar-refractivity contribution in [3.63, 3.8) is 0 Å². The first kappa shape index (κ1) is 23.3. The normalized spacial score (nSPS) is 13.4. The monoisotopic (exact) mass is 482 g/mol. The Labute approximate surface area is 171 Å². The van der Waals surface area contributed by atoms with E-state index in [-0.39, 0.29) is 0 Å². The van der Waals surface area contributed by atoms with Crippen LogP contribution in [0.4, 0.5) is 32.2 Å². The summed E-state index contributed by atoms with van der Waals surface area (Å²) in [6, 6.07) is 0.961. The first-order chi connectivity index (χ1) is 13.1. The number of rotatable bonds is 4. The van der Waals surface area contributed by atoms with Crippen LogP contribution in [0.1, 0.15) is 16.1 Å². The van der Waals surface area contributed by atoms with Gasteiger partial charge in [0.25, 0.3) is 5.91 Å². The second kappa shape index (κ2) is 7.69. The molecule has 15 heteroatoms. The number of halogens is 8. The van der Waals surface area contributed by atoms with Crippen LogP contribution in [0.2, 0.25) is 10.0 Å². The second-order valence-corrected chi connectivity index (χ2v) is 7.90. The summed E-state index contributed by atoms with van der Waals surface area (Å²) < 4.78 is 90.6. The van der Waals surface area contributed by atoms with E-state index in [2.05, 4.69) is 5.10 Å². The Kier molecular flexibility index (Phi) is 6.17. The van der Waals surface area contributed by atoms with Crippen LogP contribution in [0.25, 0.3) is 5.69 Å². The lowest BCUT2D eigenvalue weighted by molar-refractivity contribution is -0.137. The zero-order chi connectivity index (χ0) is 22.5. The number of hydrogen-bond donors (Lipinski definition) is 1. The highest BCUT2D eigenvalue weighted by Gasteiger charge is 2.44. The Hall–Kier alpha value is -1.99. The van der Waals surface area contributed by atoms with Crippen molar-refractivity contribution in [2.75, 3.05) is 19.0 Å². The minimum atomic E-state index is -5.28. The molecular formula is C14H10Cl2F6N4O2S. The van der Waals surface area contributed by atoms with Crippen LogP contribution >= 0.6 is 23.2 Å². The molecule has 29 heavy (non-hydrogen) atoms. The molecule has 2 rings (SSSR count). The Balaban J connectivity index is 2.92. The zero-order valence-corrected chi connectivity index (χ0v) is 16.7. The quantitative estimate of drug-likeness (QED) is 0.668. The standard InChI is InChI=1S/C14H10Cl2F6N4O2S/c1-25(2)12-10(29(28)14(20,21)22)8(11(23)27)24-26(12)9-6(15)3-5(4-7(9)16)13(17,18)19/h3-4H,1-2H3,(H2,23,27). The van der Waals surface area contributed by atoms with E-state index >= 15 is 0 Å². The smallest absolute Gasteiger partial charge is 0.364 e. The van der Waals surface area contributed by atoms with Gasteiger partial charge in [-0.2, -0.15) is 31.4 Å². The van der Waals surface area contributed by atoms with Gasteiger partial charge in [0, 0.05) is 14.1 Å². The first-order valence-electron chi connectivity index (χ1n) is 7.22. The number of carbonyl (C=O) groups excluding carboxylic acids is 1. The molecule has 0 bridgehead atoms. The molecule has 0 fully saturated rings. The third-order valence-electron chi connectivity index (χ3n) is 3.43. The van der Waals surface area contributed by atoms with Crippen LogP contribution < -0.4 is 10.6 Å². The average molecular weight is 483 g/mol. The largest absolute Gasteiger partial charge is 0.476 e. The zero-order valence-electron chi connectivity index (χ0n) is 14.3. The van der Waals surface area contributed by atoms with Gasteiger partial charge < -0.3 is 10.6 Å². The van der Waals surface area contributed by atoms with E-state index in [0.717, 1.165) is 4.90 Å². The minimum Gasteiger partial charge on any atom is -0.364 e. The van der Waals surface area contributed by atoms with Gasteiger partial charge in [-0.3, -0.25) is 4.79 Å². The number of aromatic nitrogens is 2. The Morgan fingerprint density at radius 1 is 1.14 bits per heavy atom. The van der Waals surface area contributed by atoms with E-state index < -0.39 is 66.1 Å². The van der Waals surface area contributed by atoms with Gasteiger partial charge in [-0.05, 0) is 12.1 Å². The second-order valence-electron chi connectivity index (χ2n) is 5.67. The summed E-state index contributed by atoms with van der Waals surface area (Å²) in [6.45, 7) is 0. The first-order valence-corrected chi connectivity index (χ1v) is 9.13. The lowest BCUT2D eigenvalue weighted by Crippen LogP contribution is -2.23. The van der Waals surface area contributed by atoms with Gasteiger partial charge in [-0.25, -0.2) is 8.89 Å². The lowest BCUT2D eigenvalue weighted by Gasteiger charge is -2.19. The van der Waals surface area contributed by atoms with Gasteiger partial charge in [0.1, 0.15) is 16.4 Å². The molecule has 160 valence electrons. The summed E-state index contributed by atoms with van der Waals surface area (Å²) in [6.07, 6.45) is -4.80. The Morgan fingerprint density at radius 3 is 1.97 bits per heavy atom. The summed E-state index contributed by atoms with van der Waals surface area (Å²) in [5.41, 5.74) is -2.90. The van der Waals surface area contributed by atoms with Gasteiger partial charge in [0.2, 0.25) is 0 Å². The number of benzene rings is 1. The molecule has 2 N–H and O–H groups in total. The van der Waals surface area contributed by atoms with Gasteiger partial charge in [-0.15, -0.1) is 0 Å². The van der Waals surface area contributed by atoms with Crippen LogP contribution in [0.3, 0.4) is 0 Å². The molecule has 1 heterocycles. The van der Waals surface area contributed by atoms with Crippen LogP contribution in [-0.4, -0.2) is 39.5 Å².